The molecule has 3 aliphatic rings. The van der Waals surface area contributed by atoms with Crippen molar-refractivity contribution in [1.82, 2.24) is 0 Å². The number of carbonyl (C=O) groups is 2. The molecular formula is C20H26O5. The Balaban J connectivity index is 2.02. The van der Waals surface area contributed by atoms with Crippen LogP contribution in [0.1, 0.15) is 57.6 Å². The molecule has 0 radical (unpaired) electrons. The maximum absolute atomic E-state index is 12.4. The predicted molar refractivity (Wildman–Crippen MR) is 92.6 cm³/mol. The smallest absolute Gasteiger partial charge is 0.315 e. The Morgan fingerprint density at radius 1 is 1.24 bits per heavy atom. The highest BCUT2D eigenvalue weighted by Gasteiger charge is 2.59. The number of rotatable bonds is 3. The fraction of sp³-hybridized carbons (Fsp3) is 0.600. The zero-order valence-corrected chi connectivity index (χ0v) is 15.4. The minimum atomic E-state index is -0.995. The second-order valence-corrected chi connectivity index (χ2v) is 8.54. The summed E-state index contributed by atoms with van der Waals surface area (Å²) < 4.78 is 4.81. The maximum atomic E-state index is 12.4. The van der Waals surface area contributed by atoms with Gasteiger partial charge in [0.15, 0.2) is 0 Å². The third-order valence-corrected chi connectivity index (χ3v) is 6.56. The molecule has 0 amide bonds. The van der Waals surface area contributed by atoms with Gasteiger partial charge < -0.3 is 14.9 Å². The highest BCUT2D eigenvalue weighted by molar-refractivity contribution is 5.86. The molecule has 5 heteroatoms. The number of benzene rings is 1. The molecule has 3 atom stereocenters. The molecular weight excluding hydrogens is 320 g/mol. The van der Waals surface area contributed by atoms with Crippen molar-refractivity contribution < 1.29 is 24.5 Å². The summed E-state index contributed by atoms with van der Waals surface area (Å²) >= 11 is 0. The molecule has 3 fully saturated rings. The number of carbonyl (C=O) groups excluding carboxylic acids is 2. The molecule has 0 unspecified atom stereocenters. The van der Waals surface area contributed by atoms with Crippen LogP contribution in [-0.2, 0) is 19.7 Å². The highest BCUT2D eigenvalue weighted by atomic mass is 16.5. The topological polar surface area (TPSA) is 83.8 Å². The van der Waals surface area contributed by atoms with E-state index in [1.165, 1.54) is 19.2 Å². The summed E-state index contributed by atoms with van der Waals surface area (Å²) in [6, 6.07) is 3.02. The van der Waals surface area contributed by atoms with Gasteiger partial charge in [-0.05, 0) is 49.3 Å². The van der Waals surface area contributed by atoms with Crippen LogP contribution in [-0.4, -0.2) is 29.1 Å². The fourth-order valence-electron chi connectivity index (χ4n) is 4.73. The number of ether oxygens (including phenoxy) is 1. The molecule has 4 rings (SSSR count). The van der Waals surface area contributed by atoms with E-state index in [0.29, 0.717) is 17.5 Å². The molecule has 0 heterocycles. The van der Waals surface area contributed by atoms with Crippen LogP contribution in [0.25, 0.3) is 0 Å². The minimum absolute atomic E-state index is 0.0640. The molecule has 25 heavy (non-hydrogen) atoms. The Bertz CT molecular complexity index is 723. The lowest BCUT2D eigenvalue weighted by Gasteiger charge is -2.59. The van der Waals surface area contributed by atoms with Gasteiger partial charge in [-0.3, -0.25) is 9.59 Å². The Hall–Kier alpha value is -2.04. The molecule has 5 nitrogen and oxygen atoms in total. The Kier molecular flexibility index (Phi) is 3.90. The largest absolute Gasteiger partial charge is 0.508 e. The van der Waals surface area contributed by atoms with Crippen LogP contribution in [0.5, 0.6) is 11.5 Å². The summed E-state index contributed by atoms with van der Waals surface area (Å²) in [5.41, 5.74) is -0.200. The Labute approximate surface area is 148 Å². The van der Waals surface area contributed by atoms with Gasteiger partial charge in [-0.1, -0.05) is 13.8 Å². The number of phenols is 2. The second-order valence-electron chi connectivity index (χ2n) is 8.54. The maximum Gasteiger partial charge on any atom is 0.315 e. The fourth-order valence-corrected chi connectivity index (χ4v) is 4.73. The third-order valence-electron chi connectivity index (χ3n) is 6.56. The van der Waals surface area contributed by atoms with Crippen molar-refractivity contribution in [1.29, 1.82) is 0 Å². The summed E-state index contributed by atoms with van der Waals surface area (Å²) in [4.78, 5) is 24.4. The molecule has 0 aromatic heterocycles. The summed E-state index contributed by atoms with van der Waals surface area (Å²) in [6.07, 6.45) is 1.16. The van der Waals surface area contributed by atoms with Gasteiger partial charge in [-0.25, -0.2) is 0 Å². The second kappa shape index (κ2) is 5.48. The molecule has 0 spiro atoms. The van der Waals surface area contributed by atoms with E-state index >= 15 is 0 Å². The van der Waals surface area contributed by atoms with Crippen molar-refractivity contribution in [3.05, 3.63) is 23.3 Å². The van der Waals surface area contributed by atoms with E-state index < -0.39 is 11.4 Å². The number of hydrogen-bond donors (Lipinski definition) is 2. The van der Waals surface area contributed by atoms with Gasteiger partial charge in [-0.15, -0.1) is 0 Å². The third kappa shape index (κ3) is 2.43. The number of methoxy groups -OCH3 is 1. The number of Topliss-reactive ketones (excluding diaryl/α,β-unsaturated/α-hetero) is 1. The van der Waals surface area contributed by atoms with E-state index in [1.807, 2.05) is 0 Å². The first-order chi connectivity index (χ1) is 11.5. The van der Waals surface area contributed by atoms with Crippen LogP contribution >= 0.6 is 0 Å². The minimum Gasteiger partial charge on any atom is -0.508 e. The predicted octanol–water partition coefficient (Wildman–Crippen LogP) is 3.27. The first-order valence-corrected chi connectivity index (χ1v) is 8.69. The zero-order chi connectivity index (χ0) is 18.7. The summed E-state index contributed by atoms with van der Waals surface area (Å²) in [7, 11) is 1.31. The van der Waals surface area contributed by atoms with Crippen molar-refractivity contribution in [2.45, 2.75) is 51.9 Å². The lowest BCUT2D eigenvalue weighted by atomic mass is 9.44. The Morgan fingerprint density at radius 2 is 1.80 bits per heavy atom. The van der Waals surface area contributed by atoms with E-state index in [0.717, 1.165) is 6.42 Å². The van der Waals surface area contributed by atoms with Gasteiger partial charge in [-0.2, -0.15) is 0 Å². The van der Waals surface area contributed by atoms with Gasteiger partial charge in [0, 0.05) is 23.8 Å². The number of ketones is 1. The summed E-state index contributed by atoms with van der Waals surface area (Å²) in [5, 5.41) is 21.2. The van der Waals surface area contributed by atoms with E-state index in [9.17, 15) is 19.8 Å². The normalized spacial score (nSPS) is 27.6. The molecule has 1 aromatic carbocycles. The average Bonchev–Trinajstić information content (AvgIpc) is 2.52. The van der Waals surface area contributed by atoms with Crippen molar-refractivity contribution in [3.63, 3.8) is 0 Å². The number of esters is 1. The first kappa shape index (κ1) is 17.8. The SMILES string of the molecule is COC(=O)C(C)(C)c1cc(O)c([C@@H]2CC(=O)[C@@H]3C[C@H]2C3(C)C)c(O)c1. The van der Waals surface area contributed by atoms with Crippen LogP contribution < -0.4 is 0 Å². The van der Waals surface area contributed by atoms with Gasteiger partial charge in [0.05, 0.1) is 12.5 Å². The van der Waals surface area contributed by atoms with Gasteiger partial charge in [0.25, 0.3) is 0 Å². The van der Waals surface area contributed by atoms with Crippen molar-refractivity contribution in [2.75, 3.05) is 7.11 Å². The number of fused-ring (bicyclic) bond motifs is 2. The average molecular weight is 346 g/mol. The lowest BCUT2D eigenvalue weighted by Crippen LogP contribution is -2.56. The quantitative estimate of drug-likeness (QED) is 0.821. The lowest BCUT2D eigenvalue weighted by molar-refractivity contribution is -0.151. The molecule has 3 saturated carbocycles. The molecule has 3 aliphatic carbocycles. The van der Waals surface area contributed by atoms with Crippen LogP contribution in [0.3, 0.4) is 0 Å². The molecule has 0 saturated heterocycles. The highest BCUT2D eigenvalue weighted by Crippen LogP contribution is 2.64. The van der Waals surface area contributed by atoms with Crippen molar-refractivity contribution in [2.24, 2.45) is 17.3 Å². The van der Waals surface area contributed by atoms with Gasteiger partial charge >= 0.3 is 5.97 Å². The van der Waals surface area contributed by atoms with E-state index in [4.69, 9.17) is 4.74 Å². The Morgan fingerprint density at radius 3 is 2.24 bits per heavy atom. The van der Waals surface area contributed by atoms with Gasteiger partial charge in [0.2, 0.25) is 0 Å². The monoisotopic (exact) mass is 346 g/mol. The van der Waals surface area contributed by atoms with E-state index in [1.54, 1.807) is 13.8 Å². The van der Waals surface area contributed by atoms with Crippen LogP contribution in [0, 0.1) is 17.3 Å². The molecule has 2 N–H and O–H groups in total. The van der Waals surface area contributed by atoms with Gasteiger partial charge in [0.1, 0.15) is 17.3 Å². The number of hydrogen-bond acceptors (Lipinski definition) is 5. The standard InChI is InChI=1S/C20H26O5/c1-19(2,18(24)25-5)10-6-15(22)17(16(23)7-10)11-8-14(21)13-9-12(11)20(13,3)4/h6-7,11-13,22-23H,8-9H2,1-5H3/t11-,12-,13+/m1/s1. The van der Waals surface area contributed by atoms with Crippen LogP contribution in [0.4, 0.5) is 0 Å². The first-order valence-electron chi connectivity index (χ1n) is 8.69. The number of aromatic hydroxyl groups is 2. The summed E-state index contributed by atoms with van der Waals surface area (Å²) in [5.74, 6) is -0.216. The molecule has 136 valence electrons. The molecule has 1 aromatic rings. The molecule has 0 aliphatic heterocycles. The van der Waals surface area contributed by atoms with E-state index in [-0.39, 0.29) is 40.5 Å². The number of phenolic OH excluding ortho intramolecular Hbond substituents is 2. The van der Waals surface area contributed by atoms with Crippen LogP contribution in [0.15, 0.2) is 12.1 Å². The van der Waals surface area contributed by atoms with Crippen molar-refractivity contribution >= 4 is 11.8 Å². The summed E-state index contributed by atoms with van der Waals surface area (Å²) in [6.45, 7) is 7.52. The van der Waals surface area contributed by atoms with Crippen LogP contribution in [0.2, 0.25) is 0 Å². The molecule has 2 bridgehead atoms. The zero-order valence-electron chi connectivity index (χ0n) is 15.4. The van der Waals surface area contributed by atoms with Crippen molar-refractivity contribution in [3.8, 4) is 11.5 Å². The van der Waals surface area contributed by atoms with E-state index in [2.05, 4.69) is 13.8 Å².